The van der Waals surface area contributed by atoms with E-state index >= 15 is 0 Å². The van der Waals surface area contributed by atoms with Crippen LogP contribution in [0.25, 0.3) is 87.0 Å². The van der Waals surface area contributed by atoms with Gasteiger partial charge < -0.3 is 18.6 Å². The predicted octanol–water partition coefficient (Wildman–Crippen LogP) is 19.3. The van der Waals surface area contributed by atoms with Crippen LogP contribution in [-0.2, 0) is 0 Å². The zero-order valence-corrected chi connectivity index (χ0v) is 38.5. The van der Waals surface area contributed by atoms with Crippen LogP contribution < -0.4 is 9.80 Å². The minimum absolute atomic E-state index is 0.390. The molecule has 0 saturated heterocycles. The number of fused-ring (bicyclic) bond motifs is 12. The van der Waals surface area contributed by atoms with Gasteiger partial charge in [0.25, 0.3) is 0 Å². The molecule has 68 heavy (non-hydrogen) atoms. The Morgan fingerprint density at radius 3 is 0.971 bits per heavy atom. The topological polar surface area (TPSA) is 32.8 Å². The van der Waals surface area contributed by atoms with E-state index in [1.165, 1.54) is 32.7 Å². The Labute approximate surface area is 394 Å². The van der Waals surface area contributed by atoms with E-state index in [9.17, 15) is 0 Å². The first kappa shape index (κ1) is 40.0. The fourth-order valence-corrected chi connectivity index (χ4v) is 11.1. The Hall–Kier alpha value is -8.34. The number of para-hydroxylation sites is 2. The number of furan rings is 2. The number of nitrogens with zero attached hydrogens (tertiary/aromatic N) is 2. The van der Waals surface area contributed by atoms with Crippen LogP contribution in [0.4, 0.5) is 34.1 Å². The molecule has 326 valence electrons. The maximum atomic E-state index is 7.07. The van der Waals surface area contributed by atoms with Gasteiger partial charge in [0.1, 0.15) is 22.3 Å². The van der Waals surface area contributed by atoms with E-state index in [4.69, 9.17) is 8.83 Å². The van der Waals surface area contributed by atoms with Gasteiger partial charge in [-0.15, -0.1) is 0 Å². The van der Waals surface area contributed by atoms with Crippen molar-refractivity contribution in [1.82, 2.24) is 0 Å². The smallest absolute Gasteiger partial charge is 0.138 e. The van der Waals surface area contributed by atoms with Crippen LogP contribution in [0.3, 0.4) is 0 Å². The van der Waals surface area contributed by atoms with Gasteiger partial charge in [-0.05, 0) is 93.0 Å². The van der Waals surface area contributed by atoms with Crippen LogP contribution in [-0.4, -0.2) is 0 Å². The number of anilines is 6. The minimum Gasteiger partial charge on any atom is -0.456 e. The first-order chi connectivity index (χ1) is 33.4. The van der Waals surface area contributed by atoms with Crippen LogP contribution in [0.1, 0.15) is 50.7 Å². The summed E-state index contributed by atoms with van der Waals surface area (Å²) in [6.07, 6.45) is 0. The largest absolute Gasteiger partial charge is 0.456 e. The molecule has 4 nitrogen and oxygen atoms in total. The van der Waals surface area contributed by atoms with Crippen molar-refractivity contribution in [2.75, 3.05) is 9.80 Å². The summed E-state index contributed by atoms with van der Waals surface area (Å²) in [6.45, 7) is 9.08. The second kappa shape index (κ2) is 15.6. The fraction of sp³-hybridized carbons (Fsp3) is 0.0938. The average molecular weight is 877 g/mol. The monoisotopic (exact) mass is 876 g/mol. The summed E-state index contributed by atoms with van der Waals surface area (Å²) in [7, 11) is 0. The molecule has 0 fully saturated rings. The number of hydrogen-bond acceptors (Lipinski definition) is 4. The quantitative estimate of drug-likeness (QED) is 0.152. The molecule has 0 atom stereocenters. The molecule has 0 amide bonds. The van der Waals surface area contributed by atoms with Crippen molar-refractivity contribution in [2.45, 2.75) is 39.5 Å². The second-order valence-corrected chi connectivity index (χ2v) is 18.8. The van der Waals surface area contributed by atoms with Gasteiger partial charge in [0.15, 0.2) is 0 Å². The lowest BCUT2D eigenvalue weighted by Crippen LogP contribution is -2.11. The van der Waals surface area contributed by atoms with Crippen LogP contribution >= 0.6 is 0 Å². The predicted molar refractivity (Wildman–Crippen MR) is 289 cm³/mol. The summed E-state index contributed by atoms with van der Waals surface area (Å²) in [5, 5.41) is 13.7. The first-order valence-corrected chi connectivity index (χ1v) is 23.8. The van der Waals surface area contributed by atoms with Crippen molar-refractivity contribution < 1.29 is 8.83 Å². The summed E-state index contributed by atoms with van der Waals surface area (Å²) < 4.78 is 14.1. The van der Waals surface area contributed by atoms with Crippen molar-refractivity contribution in [3.8, 4) is 0 Å². The third-order valence-electron chi connectivity index (χ3n) is 14.1. The number of rotatable bonds is 8. The van der Waals surface area contributed by atoms with E-state index in [2.05, 4.69) is 244 Å². The average Bonchev–Trinajstić information content (AvgIpc) is 3.93. The van der Waals surface area contributed by atoms with Gasteiger partial charge in [0.05, 0.1) is 22.7 Å². The Morgan fingerprint density at radius 1 is 0.279 bits per heavy atom. The molecule has 0 spiro atoms. The molecule has 2 heterocycles. The molecule has 11 aromatic carbocycles. The highest BCUT2D eigenvalue weighted by atomic mass is 16.3. The number of benzene rings is 11. The standard InChI is InChI=1S/C64H48N2O2/c1-39(2)43-31-33-55(47-25-13-11-23-45(43)47)65(41-19-7-5-8-20-41)57-37-61-63(51-29-17-15-27-49(51)57)53-35-60-54(36-59(53)67-61)64-52-30-18-16-28-50(52)58(38-62(64)68-60)66(42-21-9-6-10-22-42)56-34-32-44(40(3)4)46-24-12-14-26-48(46)56/h5-40H,1-4H3. The fourth-order valence-electron chi connectivity index (χ4n) is 11.1. The van der Waals surface area contributed by atoms with Gasteiger partial charge in [0.2, 0.25) is 0 Å². The van der Waals surface area contributed by atoms with Crippen molar-refractivity contribution in [3.05, 3.63) is 217 Å². The Balaban J connectivity index is 1.04. The molecular weight excluding hydrogens is 829 g/mol. The summed E-state index contributed by atoms with van der Waals surface area (Å²) in [5.74, 6) is 0.781. The van der Waals surface area contributed by atoms with Gasteiger partial charge >= 0.3 is 0 Å². The van der Waals surface area contributed by atoms with Crippen molar-refractivity contribution in [1.29, 1.82) is 0 Å². The van der Waals surface area contributed by atoms with Crippen LogP contribution in [0.15, 0.2) is 215 Å². The molecule has 4 heteroatoms. The van der Waals surface area contributed by atoms with E-state index in [-0.39, 0.29) is 0 Å². The van der Waals surface area contributed by atoms with Gasteiger partial charge in [-0.3, -0.25) is 0 Å². The molecule has 0 aliphatic carbocycles. The van der Waals surface area contributed by atoms with E-state index in [1.807, 2.05) is 0 Å². The molecule has 0 bridgehead atoms. The SMILES string of the molecule is CC(C)c1ccc(N(c2ccccc2)c2cc3oc4cc5c(cc4c3c3ccccc23)oc2cc(N(c3ccccc3)c3ccc(C(C)C)c4ccccc34)c3ccccc3c25)c2ccccc12. The van der Waals surface area contributed by atoms with E-state index < -0.39 is 0 Å². The van der Waals surface area contributed by atoms with E-state index in [1.54, 1.807) is 0 Å². The third kappa shape index (κ3) is 6.14. The zero-order chi connectivity index (χ0) is 45.6. The molecule has 13 rings (SSSR count). The molecule has 0 radical (unpaired) electrons. The van der Waals surface area contributed by atoms with Crippen LogP contribution in [0.5, 0.6) is 0 Å². The first-order valence-electron chi connectivity index (χ1n) is 23.8. The van der Waals surface area contributed by atoms with Crippen LogP contribution in [0, 0.1) is 0 Å². The third-order valence-corrected chi connectivity index (χ3v) is 14.1. The lowest BCUT2D eigenvalue weighted by atomic mass is 9.94. The summed E-state index contributed by atoms with van der Waals surface area (Å²) in [5.41, 5.74) is 12.5. The molecule has 0 aliphatic rings. The van der Waals surface area contributed by atoms with Crippen LogP contribution in [0.2, 0.25) is 0 Å². The zero-order valence-electron chi connectivity index (χ0n) is 38.5. The highest BCUT2D eigenvalue weighted by molar-refractivity contribution is 6.28. The van der Waals surface area contributed by atoms with Gasteiger partial charge in [0, 0.05) is 66.6 Å². The summed E-state index contributed by atoms with van der Waals surface area (Å²) >= 11 is 0. The molecule has 0 saturated carbocycles. The molecule has 0 N–H and O–H groups in total. The van der Waals surface area contributed by atoms with Gasteiger partial charge in [-0.1, -0.05) is 173 Å². The highest BCUT2D eigenvalue weighted by Crippen LogP contribution is 2.50. The summed E-state index contributed by atoms with van der Waals surface area (Å²) in [4.78, 5) is 4.81. The van der Waals surface area contributed by atoms with E-state index in [0.29, 0.717) is 11.8 Å². The molecule has 2 aromatic heterocycles. The maximum Gasteiger partial charge on any atom is 0.138 e. The molecule has 0 unspecified atom stereocenters. The second-order valence-electron chi connectivity index (χ2n) is 18.8. The van der Waals surface area contributed by atoms with Crippen molar-refractivity contribution in [2.24, 2.45) is 0 Å². The van der Waals surface area contributed by atoms with Crippen molar-refractivity contribution >= 4 is 121 Å². The Kier molecular flexibility index (Phi) is 9.20. The molecular formula is C64H48N2O2. The van der Waals surface area contributed by atoms with Gasteiger partial charge in [-0.25, -0.2) is 0 Å². The Morgan fingerprint density at radius 2 is 0.603 bits per heavy atom. The normalized spacial score (nSPS) is 12.1. The Bertz CT molecular complexity index is 3840. The van der Waals surface area contributed by atoms with Crippen molar-refractivity contribution in [3.63, 3.8) is 0 Å². The molecule has 13 aromatic rings. The maximum absolute atomic E-state index is 7.07. The lowest BCUT2D eigenvalue weighted by Gasteiger charge is -2.29. The number of hydrogen-bond donors (Lipinski definition) is 0. The minimum atomic E-state index is 0.390. The highest BCUT2D eigenvalue weighted by Gasteiger charge is 2.26. The molecule has 0 aliphatic heterocycles. The summed E-state index contributed by atoms with van der Waals surface area (Å²) in [6, 6.07) is 74.6. The van der Waals surface area contributed by atoms with Gasteiger partial charge in [-0.2, -0.15) is 0 Å². The lowest BCUT2D eigenvalue weighted by molar-refractivity contribution is 0.664. The van der Waals surface area contributed by atoms with E-state index in [0.717, 1.165) is 99.5 Å².